The highest BCUT2D eigenvalue weighted by Gasteiger charge is 2.26. The summed E-state index contributed by atoms with van der Waals surface area (Å²) < 4.78 is 3.47. The van der Waals surface area contributed by atoms with Gasteiger partial charge in [-0.1, -0.05) is 0 Å². The summed E-state index contributed by atoms with van der Waals surface area (Å²) in [6.07, 6.45) is 6.11. The van der Waals surface area contributed by atoms with Gasteiger partial charge in [0.1, 0.15) is 12.4 Å². The maximum atomic E-state index is 12.7. The number of piperidine rings is 1. The molecule has 136 valence electrons. The molecule has 4 heterocycles. The third kappa shape index (κ3) is 3.05. The molecule has 0 unspecified atom stereocenters. The molecule has 3 aromatic rings. The molecule has 0 bridgehead atoms. The average molecular weight is 355 g/mol. The molecule has 1 saturated heterocycles. The highest BCUT2D eigenvalue weighted by atomic mass is 16.3. The molecule has 1 N–H and O–H groups in total. The quantitative estimate of drug-likeness (QED) is 0.729. The van der Waals surface area contributed by atoms with Crippen LogP contribution in [0.1, 0.15) is 35.0 Å². The highest BCUT2D eigenvalue weighted by Crippen LogP contribution is 2.22. The highest BCUT2D eigenvalue weighted by molar-refractivity contribution is 5.93. The normalized spacial score (nSPS) is 15.7. The second kappa shape index (κ2) is 6.83. The largest absolute Gasteiger partial charge is 0.388 e. The van der Waals surface area contributed by atoms with Crippen molar-refractivity contribution >= 4 is 11.6 Å². The van der Waals surface area contributed by atoms with E-state index in [0.29, 0.717) is 36.2 Å². The summed E-state index contributed by atoms with van der Waals surface area (Å²) in [5.41, 5.74) is 1.11. The molecule has 0 aliphatic carbocycles. The lowest BCUT2D eigenvalue weighted by Crippen LogP contribution is -2.39. The van der Waals surface area contributed by atoms with Crippen LogP contribution in [0.25, 0.3) is 5.65 Å². The molecule has 26 heavy (non-hydrogen) atoms. The van der Waals surface area contributed by atoms with Crippen molar-refractivity contribution in [1.82, 2.24) is 34.3 Å². The van der Waals surface area contributed by atoms with E-state index in [1.54, 1.807) is 29.0 Å². The lowest BCUT2D eigenvalue weighted by molar-refractivity contribution is 0.0683. The second-order valence-electron chi connectivity index (χ2n) is 6.64. The Morgan fingerprint density at radius 1 is 1.27 bits per heavy atom. The molecule has 9 nitrogen and oxygen atoms in total. The van der Waals surface area contributed by atoms with Crippen LogP contribution in [-0.2, 0) is 20.1 Å². The Balaban J connectivity index is 1.38. The van der Waals surface area contributed by atoms with Gasteiger partial charge < -0.3 is 14.6 Å². The van der Waals surface area contributed by atoms with E-state index in [0.717, 1.165) is 25.1 Å². The molecule has 0 aromatic carbocycles. The van der Waals surface area contributed by atoms with Crippen molar-refractivity contribution in [3.8, 4) is 0 Å². The Hall–Kier alpha value is -2.81. The molecular formula is C17H21N7O2. The van der Waals surface area contributed by atoms with Gasteiger partial charge in [-0.2, -0.15) is 5.10 Å². The molecular weight excluding hydrogens is 334 g/mol. The molecule has 0 saturated carbocycles. The van der Waals surface area contributed by atoms with Crippen molar-refractivity contribution < 1.29 is 9.90 Å². The number of rotatable bonds is 4. The van der Waals surface area contributed by atoms with E-state index < -0.39 is 0 Å². The molecule has 9 heteroatoms. The number of nitrogens with zero attached hydrogens (tertiary/aromatic N) is 7. The van der Waals surface area contributed by atoms with E-state index in [1.807, 2.05) is 16.5 Å². The summed E-state index contributed by atoms with van der Waals surface area (Å²) in [6, 6.07) is 3.51. The molecule has 0 radical (unpaired) electrons. The van der Waals surface area contributed by atoms with Crippen LogP contribution in [0.4, 0.5) is 0 Å². The van der Waals surface area contributed by atoms with Gasteiger partial charge in [-0.3, -0.25) is 4.79 Å². The van der Waals surface area contributed by atoms with E-state index in [4.69, 9.17) is 0 Å². The fourth-order valence-electron chi connectivity index (χ4n) is 3.41. The molecule has 4 rings (SSSR count). The van der Waals surface area contributed by atoms with Crippen LogP contribution in [0.2, 0.25) is 0 Å². The van der Waals surface area contributed by atoms with Gasteiger partial charge in [0, 0.05) is 45.0 Å². The first-order valence-electron chi connectivity index (χ1n) is 8.73. The van der Waals surface area contributed by atoms with Gasteiger partial charge >= 0.3 is 0 Å². The van der Waals surface area contributed by atoms with Crippen LogP contribution in [-0.4, -0.2) is 58.4 Å². The molecule has 1 amide bonds. The lowest BCUT2D eigenvalue weighted by Gasteiger charge is -2.31. The second-order valence-corrected chi connectivity index (χ2v) is 6.64. The number of hydrogen-bond acceptors (Lipinski definition) is 6. The molecule has 3 aromatic heterocycles. The number of aromatic nitrogens is 6. The zero-order valence-electron chi connectivity index (χ0n) is 14.6. The van der Waals surface area contributed by atoms with Crippen LogP contribution >= 0.6 is 0 Å². The topological polar surface area (TPSA) is 101 Å². The van der Waals surface area contributed by atoms with E-state index in [1.165, 1.54) is 0 Å². The first kappa shape index (κ1) is 16.6. The monoisotopic (exact) mass is 355 g/mol. The average Bonchev–Trinajstić information content (AvgIpc) is 3.25. The van der Waals surface area contributed by atoms with Crippen molar-refractivity contribution in [2.75, 3.05) is 13.1 Å². The Morgan fingerprint density at radius 2 is 2.04 bits per heavy atom. The first-order valence-corrected chi connectivity index (χ1v) is 8.73. The van der Waals surface area contributed by atoms with Crippen molar-refractivity contribution in [1.29, 1.82) is 0 Å². The number of carbonyl (C=O) groups excluding carboxylic acids is 1. The van der Waals surface area contributed by atoms with Gasteiger partial charge in [-0.25, -0.2) is 9.50 Å². The molecule has 1 aliphatic heterocycles. The van der Waals surface area contributed by atoms with Crippen molar-refractivity contribution in [3.05, 3.63) is 41.9 Å². The number of carbonyl (C=O) groups is 1. The third-order valence-corrected chi connectivity index (χ3v) is 5.02. The van der Waals surface area contributed by atoms with E-state index in [-0.39, 0.29) is 12.5 Å². The number of fused-ring (bicyclic) bond motifs is 1. The first-order chi connectivity index (χ1) is 12.7. The lowest BCUT2D eigenvalue weighted by atomic mass is 9.93. The Kier molecular flexibility index (Phi) is 4.37. The predicted octanol–water partition coefficient (Wildman–Crippen LogP) is 0.445. The predicted molar refractivity (Wildman–Crippen MR) is 92.2 cm³/mol. The van der Waals surface area contributed by atoms with Crippen molar-refractivity contribution in [2.45, 2.75) is 25.9 Å². The minimum atomic E-state index is -0.107. The Morgan fingerprint density at radius 3 is 2.73 bits per heavy atom. The summed E-state index contributed by atoms with van der Waals surface area (Å²) in [5, 5.41) is 21.7. The standard InChI is InChI=1S/C17H21N7O2/c1-22-15(19-20-16(22)11-25)9-12-3-7-23(8-4-12)17(26)13-10-14-18-5-2-6-24(14)21-13/h2,5-6,10,12,25H,3-4,7-9,11H2,1H3. The number of hydrogen-bond donors (Lipinski definition) is 1. The molecule has 0 atom stereocenters. The Bertz CT molecular complexity index is 891. The van der Waals surface area contributed by atoms with Gasteiger partial charge in [-0.05, 0) is 24.8 Å². The summed E-state index contributed by atoms with van der Waals surface area (Å²) in [6.45, 7) is 1.30. The van der Waals surface area contributed by atoms with E-state index in [2.05, 4.69) is 20.3 Å². The molecule has 0 spiro atoms. The fourth-order valence-corrected chi connectivity index (χ4v) is 3.41. The SMILES string of the molecule is Cn1c(CO)nnc1CC1CCN(C(=O)c2cc3ncccn3n2)CC1. The maximum Gasteiger partial charge on any atom is 0.274 e. The summed E-state index contributed by atoms with van der Waals surface area (Å²) in [7, 11) is 1.87. The van der Waals surface area contributed by atoms with Crippen LogP contribution in [0.15, 0.2) is 24.5 Å². The third-order valence-electron chi connectivity index (χ3n) is 5.02. The van der Waals surface area contributed by atoms with Crippen molar-refractivity contribution in [3.63, 3.8) is 0 Å². The van der Waals surface area contributed by atoms with Crippen LogP contribution in [0, 0.1) is 5.92 Å². The minimum absolute atomic E-state index is 0.0461. The van der Waals surface area contributed by atoms with Gasteiger partial charge in [0.05, 0.1) is 0 Å². The van der Waals surface area contributed by atoms with Gasteiger partial charge in [-0.15, -0.1) is 10.2 Å². The van der Waals surface area contributed by atoms with Crippen LogP contribution < -0.4 is 0 Å². The number of aliphatic hydroxyl groups excluding tert-OH is 1. The number of aliphatic hydroxyl groups is 1. The summed E-state index contributed by atoms with van der Waals surface area (Å²) in [4.78, 5) is 18.8. The van der Waals surface area contributed by atoms with Crippen LogP contribution in [0.5, 0.6) is 0 Å². The summed E-state index contributed by atoms with van der Waals surface area (Å²) in [5.74, 6) is 1.87. The minimum Gasteiger partial charge on any atom is -0.388 e. The van der Waals surface area contributed by atoms with Crippen molar-refractivity contribution in [2.24, 2.45) is 13.0 Å². The zero-order valence-corrected chi connectivity index (χ0v) is 14.6. The molecule has 1 aliphatic rings. The van der Waals surface area contributed by atoms with Gasteiger partial charge in [0.25, 0.3) is 5.91 Å². The zero-order chi connectivity index (χ0) is 18.1. The molecule has 1 fully saturated rings. The fraction of sp³-hybridized carbons (Fsp3) is 0.471. The van der Waals surface area contributed by atoms with E-state index >= 15 is 0 Å². The van der Waals surface area contributed by atoms with Gasteiger partial charge in [0.2, 0.25) is 0 Å². The van der Waals surface area contributed by atoms with Crippen LogP contribution in [0.3, 0.4) is 0 Å². The number of likely N-dealkylation sites (tertiary alicyclic amines) is 1. The summed E-state index contributed by atoms with van der Waals surface area (Å²) >= 11 is 0. The Labute approximate surface area is 150 Å². The maximum absolute atomic E-state index is 12.7. The smallest absolute Gasteiger partial charge is 0.274 e. The van der Waals surface area contributed by atoms with E-state index in [9.17, 15) is 9.90 Å². The number of amides is 1. The van der Waals surface area contributed by atoms with Gasteiger partial charge in [0.15, 0.2) is 17.2 Å².